The number of rotatable bonds is 5. The lowest BCUT2D eigenvalue weighted by Crippen LogP contribution is -2.41. The number of hydrogen-bond acceptors (Lipinski definition) is 5. The van der Waals surface area contributed by atoms with E-state index in [2.05, 4.69) is 5.32 Å². The predicted molar refractivity (Wildman–Crippen MR) is 108 cm³/mol. The number of halogens is 1. The van der Waals surface area contributed by atoms with Gasteiger partial charge in [0.1, 0.15) is 5.75 Å². The number of benzene rings is 2. The van der Waals surface area contributed by atoms with Crippen molar-refractivity contribution in [3.05, 3.63) is 63.2 Å². The number of nitro groups is 1. The van der Waals surface area contributed by atoms with Gasteiger partial charge >= 0.3 is 0 Å². The zero-order valence-electron chi connectivity index (χ0n) is 15.8. The molecule has 1 fully saturated rings. The van der Waals surface area contributed by atoms with Crippen LogP contribution in [0.2, 0.25) is 5.02 Å². The summed E-state index contributed by atoms with van der Waals surface area (Å²) in [5.74, 6) is -0.232. The van der Waals surface area contributed by atoms with E-state index in [1.165, 1.54) is 25.3 Å². The Balaban J connectivity index is 1.61. The number of likely N-dealkylation sites (tertiary alicyclic amines) is 1. The molecule has 0 spiro atoms. The highest BCUT2D eigenvalue weighted by Crippen LogP contribution is 2.27. The van der Waals surface area contributed by atoms with E-state index in [1.54, 1.807) is 29.2 Å². The highest BCUT2D eigenvalue weighted by molar-refractivity contribution is 6.31. The van der Waals surface area contributed by atoms with Crippen molar-refractivity contribution in [3.63, 3.8) is 0 Å². The maximum absolute atomic E-state index is 12.8. The molecule has 0 unspecified atom stereocenters. The highest BCUT2D eigenvalue weighted by Gasteiger charge is 2.29. The molecule has 1 N–H and O–H groups in total. The van der Waals surface area contributed by atoms with E-state index in [9.17, 15) is 19.7 Å². The van der Waals surface area contributed by atoms with E-state index in [0.717, 1.165) is 0 Å². The number of methoxy groups -OCH3 is 1. The van der Waals surface area contributed by atoms with Gasteiger partial charge in [0.2, 0.25) is 5.91 Å². The SMILES string of the molecule is COc1ccc(Cl)cc1C(=O)N1CCC(C(=O)Nc2cccc([N+](=O)[O-])c2)CC1. The number of carbonyl (C=O) groups is 2. The van der Waals surface area contributed by atoms with Crippen LogP contribution in [0.4, 0.5) is 11.4 Å². The second-order valence-electron chi connectivity index (χ2n) is 6.71. The Kier molecular flexibility index (Phi) is 6.33. The molecule has 2 amide bonds. The first-order chi connectivity index (χ1) is 13.9. The second kappa shape index (κ2) is 8.91. The van der Waals surface area contributed by atoms with Crippen molar-refractivity contribution in [2.75, 3.05) is 25.5 Å². The molecule has 9 heteroatoms. The maximum atomic E-state index is 12.8. The molecule has 3 rings (SSSR count). The fraction of sp³-hybridized carbons (Fsp3) is 0.300. The number of carbonyl (C=O) groups excluding carboxylic acids is 2. The Morgan fingerprint density at radius 3 is 2.59 bits per heavy atom. The van der Waals surface area contributed by atoms with Crippen LogP contribution in [-0.4, -0.2) is 41.8 Å². The van der Waals surface area contributed by atoms with Gasteiger partial charge in [-0.15, -0.1) is 0 Å². The second-order valence-corrected chi connectivity index (χ2v) is 7.14. The molecule has 1 aliphatic heterocycles. The summed E-state index contributed by atoms with van der Waals surface area (Å²) in [5.41, 5.74) is 0.685. The molecule has 152 valence electrons. The summed E-state index contributed by atoms with van der Waals surface area (Å²) in [6, 6.07) is 10.7. The number of amides is 2. The molecule has 2 aromatic carbocycles. The lowest BCUT2D eigenvalue weighted by atomic mass is 9.95. The Morgan fingerprint density at radius 1 is 1.21 bits per heavy atom. The van der Waals surface area contributed by atoms with Crippen molar-refractivity contribution in [1.82, 2.24) is 4.90 Å². The third kappa shape index (κ3) is 4.83. The van der Waals surface area contributed by atoms with Crippen LogP contribution in [-0.2, 0) is 4.79 Å². The van der Waals surface area contributed by atoms with Crippen LogP contribution in [0, 0.1) is 16.0 Å². The predicted octanol–water partition coefficient (Wildman–Crippen LogP) is 3.75. The maximum Gasteiger partial charge on any atom is 0.271 e. The first-order valence-electron chi connectivity index (χ1n) is 9.07. The van der Waals surface area contributed by atoms with Gasteiger partial charge in [0.25, 0.3) is 11.6 Å². The molecule has 0 radical (unpaired) electrons. The summed E-state index contributed by atoms with van der Waals surface area (Å²) in [6.07, 6.45) is 0.991. The summed E-state index contributed by atoms with van der Waals surface area (Å²) in [7, 11) is 1.49. The van der Waals surface area contributed by atoms with Crippen molar-refractivity contribution >= 4 is 34.8 Å². The molecule has 29 heavy (non-hydrogen) atoms. The number of anilines is 1. The molecule has 0 saturated carbocycles. The molecule has 1 saturated heterocycles. The first-order valence-corrected chi connectivity index (χ1v) is 9.45. The van der Waals surface area contributed by atoms with E-state index in [-0.39, 0.29) is 23.4 Å². The molecule has 0 aromatic heterocycles. The largest absolute Gasteiger partial charge is 0.496 e. The minimum atomic E-state index is -0.510. The standard InChI is InChI=1S/C20H20ClN3O5/c1-29-18-6-5-14(21)11-17(18)20(26)23-9-7-13(8-10-23)19(25)22-15-3-2-4-16(12-15)24(27)28/h2-6,11-13H,7-10H2,1H3,(H,22,25). The molecule has 0 bridgehead atoms. The normalized spacial score (nSPS) is 14.3. The zero-order chi connectivity index (χ0) is 21.0. The van der Waals surface area contributed by atoms with Crippen molar-refractivity contribution < 1.29 is 19.2 Å². The fourth-order valence-corrected chi connectivity index (χ4v) is 3.48. The van der Waals surface area contributed by atoms with E-state index in [1.807, 2.05) is 0 Å². The van der Waals surface area contributed by atoms with Crippen molar-refractivity contribution in [2.45, 2.75) is 12.8 Å². The zero-order valence-corrected chi connectivity index (χ0v) is 16.5. The van der Waals surface area contributed by atoms with E-state index < -0.39 is 4.92 Å². The van der Waals surface area contributed by atoms with Crippen LogP contribution in [0.25, 0.3) is 0 Å². The van der Waals surface area contributed by atoms with Gasteiger partial charge in [-0.1, -0.05) is 17.7 Å². The highest BCUT2D eigenvalue weighted by atomic mass is 35.5. The third-order valence-corrected chi connectivity index (χ3v) is 5.10. The van der Waals surface area contributed by atoms with Gasteiger partial charge in [0, 0.05) is 41.9 Å². The summed E-state index contributed by atoms with van der Waals surface area (Å²) in [6.45, 7) is 0.836. The fourth-order valence-electron chi connectivity index (χ4n) is 3.30. The number of hydrogen-bond donors (Lipinski definition) is 1. The lowest BCUT2D eigenvalue weighted by Gasteiger charge is -2.31. The molecule has 0 aliphatic carbocycles. The number of nitrogens with zero attached hydrogens (tertiary/aromatic N) is 2. The number of non-ortho nitro benzene ring substituents is 1. The number of nitrogens with one attached hydrogen (secondary N) is 1. The van der Waals surface area contributed by atoms with Crippen molar-refractivity contribution in [1.29, 1.82) is 0 Å². The molecule has 0 atom stereocenters. The third-order valence-electron chi connectivity index (χ3n) is 4.87. The van der Waals surface area contributed by atoms with Gasteiger partial charge < -0.3 is 15.0 Å². The molecule has 8 nitrogen and oxygen atoms in total. The van der Waals surface area contributed by atoms with Gasteiger partial charge in [-0.05, 0) is 37.1 Å². The topological polar surface area (TPSA) is 102 Å². The van der Waals surface area contributed by atoms with Gasteiger partial charge in [-0.25, -0.2) is 0 Å². The monoisotopic (exact) mass is 417 g/mol. The van der Waals surface area contributed by atoms with E-state index in [4.69, 9.17) is 16.3 Å². The van der Waals surface area contributed by atoms with Gasteiger partial charge in [-0.3, -0.25) is 19.7 Å². The summed E-state index contributed by atoms with van der Waals surface area (Å²) in [4.78, 5) is 37.4. The number of nitro benzene ring substituents is 1. The van der Waals surface area contributed by atoms with Gasteiger partial charge in [-0.2, -0.15) is 0 Å². The van der Waals surface area contributed by atoms with Gasteiger partial charge in [0.15, 0.2) is 0 Å². The minimum Gasteiger partial charge on any atom is -0.496 e. The van der Waals surface area contributed by atoms with Crippen molar-refractivity contribution in [2.24, 2.45) is 5.92 Å². The Labute approximate surface area is 172 Å². The number of ether oxygens (including phenoxy) is 1. The number of piperidine rings is 1. The van der Waals surface area contributed by atoms with Gasteiger partial charge in [0.05, 0.1) is 17.6 Å². The lowest BCUT2D eigenvalue weighted by molar-refractivity contribution is -0.384. The van der Waals surface area contributed by atoms with Crippen LogP contribution in [0.1, 0.15) is 23.2 Å². The van der Waals surface area contributed by atoms with Crippen molar-refractivity contribution in [3.8, 4) is 5.75 Å². The Morgan fingerprint density at radius 2 is 1.93 bits per heavy atom. The summed E-state index contributed by atoms with van der Waals surface area (Å²) >= 11 is 6.01. The van der Waals surface area contributed by atoms with E-state index >= 15 is 0 Å². The van der Waals surface area contributed by atoms with E-state index in [0.29, 0.717) is 48.0 Å². The molecular weight excluding hydrogens is 398 g/mol. The van der Waals surface area contributed by atoms with Crippen LogP contribution >= 0.6 is 11.6 Å². The van der Waals surface area contributed by atoms with Crippen LogP contribution in [0.15, 0.2) is 42.5 Å². The quantitative estimate of drug-likeness (QED) is 0.589. The average Bonchev–Trinajstić information content (AvgIpc) is 2.73. The molecule has 1 heterocycles. The average molecular weight is 418 g/mol. The van der Waals surface area contributed by atoms with Crippen LogP contribution in [0.3, 0.4) is 0 Å². The minimum absolute atomic E-state index is 0.0846. The smallest absolute Gasteiger partial charge is 0.271 e. The summed E-state index contributed by atoms with van der Waals surface area (Å²) < 4.78 is 5.25. The molecule has 1 aliphatic rings. The summed E-state index contributed by atoms with van der Waals surface area (Å²) in [5, 5.41) is 14.0. The van der Waals surface area contributed by atoms with Crippen LogP contribution in [0.5, 0.6) is 5.75 Å². The molecule has 2 aromatic rings. The Bertz CT molecular complexity index is 941. The Hall–Kier alpha value is -3.13. The first kappa shape index (κ1) is 20.6. The molecular formula is C20H20ClN3O5. The van der Waals surface area contributed by atoms with Crippen LogP contribution < -0.4 is 10.1 Å².